The minimum atomic E-state index is -1.24. The number of carboxylic acids is 1. The molecule has 0 aliphatic carbocycles. The van der Waals surface area contributed by atoms with Crippen LogP contribution in [0.5, 0.6) is 0 Å². The number of hydrogen-bond acceptors (Lipinski definition) is 4. The van der Waals surface area contributed by atoms with Gasteiger partial charge in [0.1, 0.15) is 11.6 Å². The summed E-state index contributed by atoms with van der Waals surface area (Å²) in [5.74, 6) is -1.24. The first kappa shape index (κ1) is 37.9. The van der Waals surface area contributed by atoms with Gasteiger partial charge in [-0.1, -0.05) is 115 Å². The molecule has 0 amide bonds. The van der Waals surface area contributed by atoms with E-state index >= 15 is 0 Å². The zero-order chi connectivity index (χ0) is 39.9. The lowest BCUT2D eigenvalue weighted by molar-refractivity contribution is -0.132. The number of rotatable bonds is 11. The first-order chi connectivity index (χ1) is 27.7. The summed E-state index contributed by atoms with van der Waals surface area (Å²) in [6.45, 7) is 8.58. The second-order valence-corrected chi connectivity index (χ2v) is 14.2. The number of hydrogen-bond donors (Lipinski definition) is 1. The molecule has 0 radical (unpaired) electrons. The van der Waals surface area contributed by atoms with Crippen molar-refractivity contribution in [2.45, 2.75) is 27.7 Å². The van der Waals surface area contributed by atoms with E-state index in [1.807, 2.05) is 24.3 Å². The van der Waals surface area contributed by atoms with Gasteiger partial charge < -0.3 is 14.9 Å². The van der Waals surface area contributed by atoms with Crippen LogP contribution >= 0.6 is 0 Å². The molecular weight excluding hydrogens is 699 g/mol. The summed E-state index contributed by atoms with van der Waals surface area (Å²) in [6.07, 6.45) is 5.43. The van der Waals surface area contributed by atoms with Gasteiger partial charge in [0.15, 0.2) is 0 Å². The minimum absolute atomic E-state index is 0.297. The Labute approximate surface area is 335 Å². The number of aliphatic carboxylic acids is 1. The van der Waals surface area contributed by atoms with Crippen LogP contribution in [0.25, 0.3) is 29.4 Å². The summed E-state index contributed by atoms with van der Waals surface area (Å²) in [5.41, 5.74) is 16.2. The standard InChI is InChI=1S/C52H43N3O2/c1-36-10-31-51(39(4)32-36)55(46-8-6-5-7-9-46)49-29-22-44(23-30-49)43-20-27-48(28-21-43)54(50-24-11-37(2)38(3)33-50)47-25-18-41(19-26-47)13-12-40-14-16-42(17-15-40)34-45(35-53)52(56)57/h5-34H,1-4H3,(H,56,57). The van der Waals surface area contributed by atoms with E-state index in [0.717, 1.165) is 56.4 Å². The van der Waals surface area contributed by atoms with Gasteiger partial charge in [0.2, 0.25) is 0 Å². The molecule has 0 aliphatic heterocycles. The molecule has 1 N–H and O–H groups in total. The van der Waals surface area contributed by atoms with E-state index in [0.29, 0.717) is 5.56 Å². The Bertz CT molecular complexity index is 2620. The minimum Gasteiger partial charge on any atom is -0.477 e. The van der Waals surface area contributed by atoms with Crippen LogP contribution in [0.1, 0.15) is 38.9 Å². The number of nitrogens with zero attached hydrogens (tertiary/aromatic N) is 3. The molecule has 0 saturated carbocycles. The number of nitriles is 1. The molecule has 7 aromatic rings. The largest absolute Gasteiger partial charge is 0.477 e. The molecule has 0 aromatic heterocycles. The fourth-order valence-corrected chi connectivity index (χ4v) is 6.92. The number of para-hydroxylation sites is 1. The van der Waals surface area contributed by atoms with E-state index in [1.54, 1.807) is 18.2 Å². The van der Waals surface area contributed by atoms with Gasteiger partial charge in [-0.2, -0.15) is 5.26 Å². The molecule has 0 aliphatic rings. The Morgan fingerprint density at radius 2 is 1.00 bits per heavy atom. The molecule has 5 nitrogen and oxygen atoms in total. The van der Waals surface area contributed by atoms with Crippen LogP contribution < -0.4 is 9.80 Å². The molecule has 0 heterocycles. The average molecular weight is 742 g/mol. The highest BCUT2D eigenvalue weighted by molar-refractivity contribution is 5.96. The van der Waals surface area contributed by atoms with Crippen LogP contribution in [0, 0.1) is 39.0 Å². The second-order valence-electron chi connectivity index (χ2n) is 14.2. The van der Waals surface area contributed by atoms with E-state index < -0.39 is 5.97 Å². The molecule has 57 heavy (non-hydrogen) atoms. The maximum Gasteiger partial charge on any atom is 0.346 e. The number of aryl methyl sites for hydroxylation is 4. The van der Waals surface area contributed by atoms with Gasteiger partial charge in [0.25, 0.3) is 0 Å². The fraction of sp³-hybridized carbons (Fsp3) is 0.0769. The quantitative estimate of drug-likeness (QED) is 0.0812. The van der Waals surface area contributed by atoms with Crippen LogP contribution in [0.2, 0.25) is 0 Å². The topological polar surface area (TPSA) is 67.6 Å². The molecule has 7 rings (SSSR count). The zero-order valence-corrected chi connectivity index (χ0v) is 32.5. The van der Waals surface area contributed by atoms with Crippen molar-refractivity contribution in [3.8, 4) is 17.2 Å². The maximum absolute atomic E-state index is 11.2. The van der Waals surface area contributed by atoms with E-state index in [-0.39, 0.29) is 5.57 Å². The third-order valence-electron chi connectivity index (χ3n) is 10.2. The van der Waals surface area contributed by atoms with E-state index in [2.05, 4.69) is 177 Å². The number of carbonyl (C=O) groups is 1. The molecule has 0 spiro atoms. The molecule has 278 valence electrons. The lowest BCUT2D eigenvalue weighted by Crippen LogP contribution is -2.11. The van der Waals surface area contributed by atoms with Crippen LogP contribution in [-0.2, 0) is 4.79 Å². The van der Waals surface area contributed by atoms with E-state index in [1.165, 1.54) is 28.3 Å². The number of carboxylic acid groups (broad SMARTS) is 1. The van der Waals surface area contributed by atoms with Crippen LogP contribution in [0.4, 0.5) is 34.1 Å². The summed E-state index contributed by atoms with van der Waals surface area (Å²) in [5, 5.41) is 18.2. The molecular formula is C52H43N3O2. The monoisotopic (exact) mass is 741 g/mol. The van der Waals surface area contributed by atoms with Gasteiger partial charge in [-0.25, -0.2) is 4.79 Å². The van der Waals surface area contributed by atoms with Crippen LogP contribution in [0.15, 0.2) is 169 Å². The van der Waals surface area contributed by atoms with Gasteiger partial charge in [0.05, 0.1) is 0 Å². The van der Waals surface area contributed by atoms with Crippen molar-refractivity contribution in [2.75, 3.05) is 9.80 Å². The Kier molecular flexibility index (Phi) is 11.3. The lowest BCUT2D eigenvalue weighted by atomic mass is 10.0. The van der Waals surface area contributed by atoms with E-state index in [9.17, 15) is 4.79 Å². The highest BCUT2D eigenvalue weighted by Crippen LogP contribution is 2.39. The van der Waals surface area contributed by atoms with Gasteiger partial charge in [-0.05, 0) is 145 Å². The van der Waals surface area contributed by atoms with Gasteiger partial charge in [0, 0.05) is 34.1 Å². The number of benzene rings is 7. The third kappa shape index (κ3) is 8.78. The van der Waals surface area contributed by atoms with Crippen molar-refractivity contribution in [2.24, 2.45) is 0 Å². The molecule has 0 unspecified atom stereocenters. The highest BCUT2D eigenvalue weighted by atomic mass is 16.4. The van der Waals surface area contributed by atoms with Crippen LogP contribution in [0.3, 0.4) is 0 Å². The maximum atomic E-state index is 11.2. The fourth-order valence-electron chi connectivity index (χ4n) is 6.92. The van der Waals surface area contributed by atoms with Gasteiger partial charge in [-0.3, -0.25) is 0 Å². The average Bonchev–Trinajstić information content (AvgIpc) is 3.23. The summed E-state index contributed by atoms with van der Waals surface area (Å²) >= 11 is 0. The Balaban J connectivity index is 1.14. The summed E-state index contributed by atoms with van der Waals surface area (Å²) in [7, 11) is 0. The smallest absolute Gasteiger partial charge is 0.346 e. The first-order valence-electron chi connectivity index (χ1n) is 18.9. The molecule has 0 saturated heterocycles. The SMILES string of the molecule is Cc1ccc(N(c2ccccc2)c2ccc(-c3ccc(N(c4ccc(C=Cc5ccc(C=C(C#N)C(=O)O)cc5)cc4)c4ccc(C)c(C)c4)cc3)cc2)c(C)c1. The van der Waals surface area contributed by atoms with Crippen molar-refractivity contribution in [3.05, 3.63) is 208 Å². The lowest BCUT2D eigenvalue weighted by Gasteiger charge is -2.27. The summed E-state index contributed by atoms with van der Waals surface area (Å²) in [4.78, 5) is 15.8. The summed E-state index contributed by atoms with van der Waals surface area (Å²) in [6, 6.07) is 58.9. The Hall–Kier alpha value is -7.42. The molecule has 0 atom stereocenters. The zero-order valence-electron chi connectivity index (χ0n) is 32.5. The normalized spacial score (nSPS) is 11.3. The van der Waals surface area contributed by atoms with Crippen molar-refractivity contribution in [1.29, 1.82) is 5.26 Å². The Morgan fingerprint density at radius 1 is 0.509 bits per heavy atom. The van der Waals surface area contributed by atoms with Crippen molar-refractivity contribution in [3.63, 3.8) is 0 Å². The van der Waals surface area contributed by atoms with Crippen LogP contribution in [-0.4, -0.2) is 11.1 Å². The van der Waals surface area contributed by atoms with Gasteiger partial charge >= 0.3 is 5.97 Å². The highest BCUT2D eigenvalue weighted by Gasteiger charge is 2.16. The van der Waals surface area contributed by atoms with Gasteiger partial charge in [-0.15, -0.1) is 0 Å². The third-order valence-corrected chi connectivity index (χ3v) is 10.2. The second kappa shape index (κ2) is 16.9. The number of anilines is 6. The molecule has 0 bridgehead atoms. The first-order valence-corrected chi connectivity index (χ1v) is 18.9. The molecule has 0 fully saturated rings. The molecule has 5 heteroatoms. The predicted molar refractivity (Wildman–Crippen MR) is 237 cm³/mol. The predicted octanol–water partition coefficient (Wildman–Crippen LogP) is 13.7. The Morgan fingerprint density at radius 3 is 1.53 bits per heavy atom. The van der Waals surface area contributed by atoms with E-state index in [4.69, 9.17) is 10.4 Å². The summed E-state index contributed by atoms with van der Waals surface area (Å²) < 4.78 is 0. The van der Waals surface area contributed by atoms with Crippen molar-refractivity contribution in [1.82, 2.24) is 0 Å². The van der Waals surface area contributed by atoms with Crippen molar-refractivity contribution < 1.29 is 9.90 Å². The van der Waals surface area contributed by atoms with Crippen molar-refractivity contribution >= 4 is 58.3 Å². The molecule has 7 aromatic carbocycles.